The van der Waals surface area contributed by atoms with E-state index in [2.05, 4.69) is 16.6 Å². The summed E-state index contributed by atoms with van der Waals surface area (Å²) in [5.41, 5.74) is 1.92. The van der Waals surface area contributed by atoms with Crippen LogP contribution < -0.4 is 5.32 Å². The van der Waals surface area contributed by atoms with E-state index in [1.54, 1.807) is 7.11 Å². The highest BCUT2D eigenvalue weighted by Crippen LogP contribution is 2.48. The van der Waals surface area contributed by atoms with Gasteiger partial charge in [0.2, 0.25) is 0 Å². The molecule has 2 rings (SSSR count). The van der Waals surface area contributed by atoms with Crippen LogP contribution in [-0.4, -0.2) is 36.6 Å². The van der Waals surface area contributed by atoms with E-state index in [4.69, 9.17) is 4.74 Å². The molecular weight excluding hydrogens is 214 g/mol. The minimum absolute atomic E-state index is 0.559. The van der Waals surface area contributed by atoms with Gasteiger partial charge in [0.15, 0.2) is 0 Å². The first-order valence-corrected chi connectivity index (χ1v) is 6.41. The second-order valence-corrected chi connectivity index (χ2v) is 5.19. The minimum Gasteiger partial charge on any atom is -0.383 e. The predicted molar refractivity (Wildman–Crippen MR) is 67.9 cm³/mol. The maximum Gasteiger partial charge on any atom is 0.0587 e. The summed E-state index contributed by atoms with van der Waals surface area (Å²) < 4.78 is 6.92. The SMILES string of the molecule is COCCNCC1(CCc2cnn(C)c2)CC1. The summed E-state index contributed by atoms with van der Waals surface area (Å²) in [6.07, 6.45) is 9.27. The molecule has 1 aromatic heterocycles. The zero-order valence-electron chi connectivity index (χ0n) is 10.9. The van der Waals surface area contributed by atoms with Crippen molar-refractivity contribution in [2.45, 2.75) is 25.7 Å². The average molecular weight is 237 g/mol. The number of nitrogens with one attached hydrogen (secondary N) is 1. The van der Waals surface area contributed by atoms with Gasteiger partial charge in [-0.3, -0.25) is 4.68 Å². The molecule has 1 aromatic rings. The van der Waals surface area contributed by atoms with E-state index in [-0.39, 0.29) is 0 Å². The number of hydrogen-bond acceptors (Lipinski definition) is 3. The van der Waals surface area contributed by atoms with Crippen molar-refractivity contribution >= 4 is 0 Å². The summed E-state index contributed by atoms with van der Waals surface area (Å²) in [4.78, 5) is 0. The molecule has 1 heterocycles. The number of methoxy groups -OCH3 is 1. The second-order valence-electron chi connectivity index (χ2n) is 5.19. The summed E-state index contributed by atoms with van der Waals surface area (Å²) in [6.45, 7) is 2.90. The lowest BCUT2D eigenvalue weighted by molar-refractivity contribution is 0.197. The molecule has 1 N–H and O–H groups in total. The Hall–Kier alpha value is -0.870. The second kappa shape index (κ2) is 5.65. The van der Waals surface area contributed by atoms with Gasteiger partial charge in [-0.15, -0.1) is 0 Å². The summed E-state index contributed by atoms with van der Waals surface area (Å²) in [6, 6.07) is 0. The van der Waals surface area contributed by atoms with Crippen molar-refractivity contribution in [1.29, 1.82) is 0 Å². The summed E-state index contributed by atoms with van der Waals surface area (Å²) in [7, 11) is 3.72. The monoisotopic (exact) mass is 237 g/mol. The Labute approximate surface area is 103 Å². The largest absolute Gasteiger partial charge is 0.383 e. The molecule has 0 spiro atoms. The van der Waals surface area contributed by atoms with Crippen LogP contribution in [-0.2, 0) is 18.2 Å². The zero-order valence-corrected chi connectivity index (χ0v) is 10.9. The van der Waals surface area contributed by atoms with Crippen LogP contribution in [0, 0.1) is 5.41 Å². The maximum absolute atomic E-state index is 5.04. The molecule has 0 atom stereocenters. The van der Waals surface area contributed by atoms with Crippen molar-refractivity contribution in [1.82, 2.24) is 15.1 Å². The van der Waals surface area contributed by atoms with Crippen molar-refractivity contribution < 1.29 is 4.74 Å². The van der Waals surface area contributed by atoms with Crippen LogP contribution in [0.5, 0.6) is 0 Å². The summed E-state index contributed by atoms with van der Waals surface area (Å²) in [5.74, 6) is 0. The van der Waals surface area contributed by atoms with Crippen LogP contribution in [0.3, 0.4) is 0 Å². The van der Waals surface area contributed by atoms with Gasteiger partial charge in [-0.25, -0.2) is 0 Å². The van der Waals surface area contributed by atoms with Gasteiger partial charge in [0.1, 0.15) is 0 Å². The molecule has 0 amide bonds. The molecule has 0 aromatic carbocycles. The van der Waals surface area contributed by atoms with E-state index < -0.39 is 0 Å². The van der Waals surface area contributed by atoms with Gasteiger partial charge in [-0.2, -0.15) is 5.10 Å². The standard InChI is InChI=1S/C13H23N3O/c1-16-10-12(9-15-16)3-4-13(5-6-13)11-14-7-8-17-2/h9-10,14H,3-8,11H2,1-2H3. The van der Waals surface area contributed by atoms with Crippen molar-refractivity contribution in [3.8, 4) is 0 Å². The lowest BCUT2D eigenvalue weighted by Crippen LogP contribution is -2.27. The molecule has 0 aliphatic heterocycles. The molecule has 17 heavy (non-hydrogen) atoms. The molecule has 4 heteroatoms. The first-order valence-electron chi connectivity index (χ1n) is 6.41. The maximum atomic E-state index is 5.04. The first kappa shape index (κ1) is 12.6. The van der Waals surface area contributed by atoms with Gasteiger partial charge in [0, 0.05) is 33.4 Å². The quantitative estimate of drug-likeness (QED) is 0.694. The molecule has 0 bridgehead atoms. The van der Waals surface area contributed by atoms with Crippen LogP contribution in [0.25, 0.3) is 0 Å². The Morgan fingerprint density at radius 1 is 1.53 bits per heavy atom. The number of rotatable bonds is 8. The summed E-state index contributed by atoms with van der Waals surface area (Å²) >= 11 is 0. The number of ether oxygens (including phenoxy) is 1. The molecule has 96 valence electrons. The van der Waals surface area contributed by atoms with Crippen molar-refractivity contribution in [2.24, 2.45) is 12.5 Å². The molecule has 1 saturated carbocycles. The van der Waals surface area contributed by atoms with Crippen molar-refractivity contribution in [3.05, 3.63) is 18.0 Å². The third-order valence-electron chi connectivity index (χ3n) is 3.64. The third-order valence-corrected chi connectivity index (χ3v) is 3.64. The van der Waals surface area contributed by atoms with Crippen molar-refractivity contribution in [3.63, 3.8) is 0 Å². The van der Waals surface area contributed by atoms with Gasteiger partial charge < -0.3 is 10.1 Å². The van der Waals surface area contributed by atoms with Crippen LogP contribution in [0.2, 0.25) is 0 Å². The van der Waals surface area contributed by atoms with E-state index in [1.807, 2.05) is 17.9 Å². The van der Waals surface area contributed by atoms with Crippen molar-refractivity contribution in [2.75, 3.05) is 26.8 Å². The Bertz CT molecular complexity index is 344. The zero-order chi connectivity index (χ0) is 12.1. The van der Waals surface area contributed by atoms with Gasteiger partial charge in [-0.05, 0) is 36.7 Å². The Kier molecular flexibility index (Phi) is 4.18. The van der Waals surface area contributed by atoms with E-state index in [0.29, 0.717) is 5.41 Å². The number of nitrogens with zero attached hydrogens (tertiary/aromatic N) is 2. The topological polar surface area (TPSA) is 39.1 Å². The van der Waals surface area contributed by atoms with E-state index in [9.17, 15) is 0 Å². The molecule has 0 saturated heterocycles. The van der Waals surface area contributed by atoms with E-state index in [1.165, 1.54) is 24.8 Å². The smallest absolute Gasteiger partial charge is 0.0587 e. The predicted octanol–water partition coefficient (Wildman–Crippen LogP) is 1.37. The summed E-state index contributed by atoms with van der Waals surface area (Å²) in [5, 5.41) is 7.69. The molecular formula is C13H23N3O. The molecule has 0 radical (unpaired) electrons. The number of aryl methyl sites for hydroxylation is 2. The Balaban J connectivity index is 1.67. The molecule has 1 aliphatic rings. The van der Waals surface area contributed by atoms with Crippen LogP contribution >= 0.6 is 0 Å². The molecule has 0 unspecified atom stereocenters. The van der Waals surface area contributed by atoms with Crippen LogP contribution in [0.1, 0.15) is 24.8 Å². The third kappa shape index (κ3) is 3.82. The van der Waals surface area contributed by atoms with Crippen LogP contribution in [0.4, 0.5) is 0 Å². The highest BCUT2D eigenvalue weighted by molar-refractivity contribution is 5.06. The number of hydrogen-bond donors (Lipinski definition) is 1. The highest BCUT2D eigenvalue weighted by Gasteiger charge is 2.41. The lowest BCUT2D eigenvalue weighted by atomic mass is 9.98. The van der Waals surface area contributed by atoms with Gasteiger partial charge in [0.25, 0.3) is 0 Å². The van der Waals surface area contributed by atoms with Gasteiger partial charge in [0.05, 0.1) is 12.8 Å². The Morgan fingerprint density at radius 2 is 2.35 bits per heavy atom. The van der Waals surface area contributed by atoms with E-state index in [0.717, 1.165) is 26.1 Å². The fourth-order valence-corrected chi connectivity index (χ4v) is 2.23. The molecule has 1 aliphatic carbocycles. The average Bonchev–Trinajstić information content (AvgIpc) is 2.98. The normalized spacial score (nSPS) is 17.3. The van der Waals surface area contributed by atoms with Crippen LogP contribution in [0.15, 0.2) is 12.4 Å². The number of aromatic nitrogens is 2. The fourth-order valence-electron chi connectivity index (χ4n) is 2.23. The Morgan fingerprint density at radius 3 is 2.94 bits per heavy atom. The molecule has 1 fully saturated rings. The highest BCUT2D eigenvalue weighted by atomic mass is 16.5. The van der Waals surface area contributed by atoms with Gasteiger partial charge in [-0.1, -0.05) is 0 Å². The first-order chi connectivity index (χ1) is 8.24. The minimum atomic E-state index is 0.559. The lowest BCUT2D eigenvalue weighted by Gasteiger charge is -2.15. The van der Waals surface area contributed by atoms with Gasteiger partial charge >= 0.3 is 0 Å². The van der Waals surface area contributed by atoms with E-state index >= 15 is 0 Å². The fraction of sp³-hybridized carbons (Fsp3) is 0.769. The molecule has 4 nitrogen and oxygen atoms in total.